The van der Waals surface area contributed by atoms with E-state index in [0.29, 0.717) is 0 Å². The summed E-state index contributed by atoms with van der Waals surface area (Å²) in [5.74, 6) is 0. The van der Waals surface area contributed by atoms with Crippen molar-refractivity contribution in [3.63, 3.8) is 0 Å². The quantitative estimate of drug-likeness (QED) is 0.456. The van der Waals surface area contributed by atoms with Crippen LogP contribution in [0.3, 0.4) is 0 Å². The minimum atomic E-state index is 0. The highest BCUT2D eigenvalue weighted by Crippen LogP contribution is 2.45. The maximum Gasteiger partial charge on any atom is 0.262 e. The Morgan fingerprint density at radius 1 is 0.964 bits per heavy atom. The second-order valence-corrected chi connectivity index (χ2v) is 8.34. The van der Waals surface area contributed by atoms with Gasteiger partial charge in [-0.15, -0.1) is 0 Å². The molecule has 0 radical (unpaired) electrons. The number of thiazole rings is 1. The van der Waals surface area contributed by atoms with Crippen molar-refractivity contribution >= 4 is 45.1 Å². The molecule has 2 heterocycles. The number of rotatable bonds is 5. The monoisotopic (exact) mass is 426 g/mol. The summed E-state index contributed by atoms with van der Waals surface area (Å²) in [5, 5.41) is 2.57. The van der Waals surface area contributed by atoms with E-state index in [9.17, 15) is 0 Å². The highest BCUT2D eigenvalue weighted by Gasteiger charge is 2.22. The molecule has 28 heavy (non-hydrogen) atoms. The lowest BCUT2D eigenvalue weighted by molar-refractivity contribution is -0.665. The van der Waals surface area contributed by atoms with Gasteiger partial charge in [0.15, 0.2) is 0 Å². The Bertz CT molecular complexity index is 1050. The number of halogens is 1. The van der Waals surface area contributed by atoms with E-state index in [1.807, 2.05) is 23.1 Å². The minimum Gasteiger partial charge on any atom is -1.00 e. The summed E-state index contributed by atoms with van der Waals surface area (Å²) in [6.45, 7) is 6.37. The van der Waals surface area contributed by atoms with E-state index in [0.717, 1.165) is 13.1 Å². The van der Waals surface area contributed by atoms with Gasteiger partial charge >= 0.3 is 0 Å². The lowest BCUT2D eigenvalue weighted by Crippen LogP contribution is -3.00. The van der Waals surface area contributed by atoms with E-state index in [4.69, 9.17) is 0 Å². The van der Waals surface area contributed by atoms with Crippen LogP contribution in [0.2, 0.25) is 0 Å². The molecule has 0 spiro atoms. The summed E-state index contributed by atoms with van der Waals surface area (Å²) in [6, 6.07) is 17.2. The molecule has 5 heteroatoms. The largest absolute Gasteiger partial charge is 1.00 e. The highest BCUT2D eigenvalue weighted by molar-refractivity contribution is 8.03. The Labute approximate surface area is 181 Å². The van der Waals surface area contributed by atoms with Crippen LogP contribution in [0, 0.1) is 0 Å². The molecule has 2 nitrogen and oxygen atoms in total. The van der Waals surface area contributed by atoms with Gasteiger partial charge in [-0.2, -0.15) is 4.57 Å². The first kappa shape index (κ1) is 20.7. The van der Waals surface area contributed by atoms with Gasteiger partial charge in [0.25, 0.3) is 5.01 Å². The molecule has 1 aromatic heterocycles. The highest BCUT2D eigenvalue weighted by atomic mass is 35.5. The zero-order valence-electron chi connectivity index (χ0n) is 16.0. The number of para-hydroxylation sites is 2. The number of nitrogens with zero attached hydrogens (tertiary/aromatic N) is 2. The number of fused-ring (bicyclic) bond motifs is 2. The number of hydrogen-bond acceptors (Lipinski definition) is 3. The average molecular weight is 427 g/mol. The SMILES string of the molecule is CCN1/C(=C/C=C/C=C/c2sc3ccccc3[n+]2CC)Sc2ccccc21.[Cl-]. The van der Waals surface area contributed by atoms with E-state index >= 15 is 0 Å². The smallest absolute Gasteiger partial charge is 0.262 e. The fourth-order valence-electron chi connectivity index (χ4n) is 3.35. The molecule has 1 aliphatic heterocycles. The van der Waals surface area contributed by atoms with Gasteiger partial charge < -0.3 is 17.3 Å². The van der Waals surface area contributed by atoms with E-state index in [-0.39, 0.29) is 12.4 Å². The summed E-state index contributed by atoms with van der Waals surface area (Å²) in [4.78, 5) is 3.70. The molecule has 0 bridgehead atoms. The number of hydrogen-bond donors (Lipinski definition) is 0. The normalized spacial score (nSPS) is 15.1. The zero-order valence-corrected chi connectivity index (χ0v) is 18.4. The molecule has 0 atom stereocenters. The first-order chi connectivity index (χ1) is 13.3. The predicted octanol–water partition coefficient (Wildman–Crippen LogP) is 3.26. The number of benzene rings is 2. The molecular weight excluding hydrogens is 404 g/mol. The number of aromatic nitrogens is 1. The van der Waals surface area contributed by atoms with Gasteiger partial charge in [-0.05, 0) is 38.1 Å². The van der Waals surface area contributed by atoms with Crippen LogP contribution in [0.5, 0.6) is 0 Å². The number of aryl methyl sites for hydroxylation is 1. The van der Waals surface area contributed by atoms with Crippen LogP contribution in [0.1, 0.15) is 18.9 Å². The summed E-state index contributed by atoms with van der Waals surface area (Å²) < 4.78 is 3.70. The van der Waals surface area contributed by atoms with Crippen molar-refractivity contribution in [1.29, 1.82) is 0 Å². The van der Waals surface area contributed by atoms with Gasteiger partial charge in [-0.25, -0.2) is 0 Å². The average Bonchev–Trinajstić information content (AvgIpc) is 3.24. The molecule has 0 N–H and O–H groups in total. The van der Waals surface area contributed by atoms with Crippen molar-refractivity contribution in [2.45, 2.75) is 25.3 Å². The molecule has 3 aromatic rings. The van der Waals surface area contributed by atoms with Crippen molar-refractivity contribution in [2.75, 3.05) is 11.4 Å². The summed E-state index contributed by atoms with van der Waals surface area (Å²) in [5.41, 5.74) is 2.63. The van der Waals surface area contributed by atoms with Gasteiger partial charge in [0.2, 0.25) is 5.52 Å². The first-order valence-electron chi connectivity index (χ1n) is 9.32. The van der Waals surface area contributed by atoms with Gasteiger partial charge in [-0.3, -0.25) is 0 Å². The Hall–Kier alpha value is -2.01. The maximum atomic E-state index is 2.37. The van der Waals surface area contributed by atoms with E-state index in [1.54, 1.807) is 0 Å². The van der Waals surface area contributed by atoms with Crippen molar-refractivity contribution in [2.24, 2.45) is 0 Å². The second-order valence-electron chi connectivity index (χ2n) is 6.22. The standard InChI is InChI=1S/C23H23N2S2.ClH/c1-3-24-18-12-8-10-14-20(18)26-22(24)16-6-5-7-17-23-25(4-2)19-13-9-11-15-21(19)27-23;/h5-17H,3-4H2,1-2H3;1H/q+1;/p-1. The third-order valence-corrected chi connectivity index (χ3v) is 6.87. The molecule has 0 saturated heterocycles. The molecule has 0 fully saturated rings. The predicted molar refractivity (Wildman–Crippen MR) is 119 cm³/mol. The lowest BCUT2D eigenvalue weighted by Gasteiger charge is -2.17. The number of anilines is 1. The molecule has 2 aromatic carbocycles. The fraction of sp³-hybridized carbons (Fsp3) is 0.174. The molecule has 1 aliphatic rings. The van der Waals surface area contributed by atoms with Crippen molar-refractivity contribution in [3.8, 4) is 0 Å². The van der Waals surface area contributed by atoms with Crippen LogP contribution in [0.15, 0.2) is 82.8 Å². The number of thioether (sulfide) groups is 1. The first-order valence-corrected chi connectivity index (χ1v) is 11.0. The summed E-state index contributed by atoms with van der Waals surface area (Å²) in [7, 11) is 0. The van der Waals surface area contributed by atoms with Crippen LogP contribution in [-0.4, -0.2) is 6.54 Å². The molecule has 0 aliphatic carbocycles. The molecular formula is C23H23ClN2S2. The second kappa shape index (κ2) is 9.46. The van der Waals surface area contributed by atoms with Gasteiger partial charge in [0.1, 0.15) is 11.2 Å². The van der Waals surface area contributed by atoms with Crippen LogP contribution in [-0.2, 0) is 6.54 Å². The molecule has 0 saturated carbocycles. The van der Waals surface area contributed by atoms with Gasteiger partial charge in [-0.1, -0.05) is 65.6 Å². The Kier molecular flexibility index (Phi) is 7.00. The molecule has 0 amide bonds. The topological polar surface area (TPSA) is 7.12 Å². The Morgan fingerprint density at radius 2 is 1.75 bits per heavy atom. The maximum absolute atomic E-state index is 2.37. The fourth-order valence-corrected chi connectivity index (χ4v) is 5.62. The lowest BCUT2D eigenvalue weighted by atomic mass is 10.3. The van der Waals surface area contributed by atoms with Crippen LogP contribution >= 0.6 is 23.1 Å². The van der Waals surface area contributed by atoms with Crippen LogP contribution < -0.4 is 21.9 Å². The molecule has 0 unspecified atom stereocenters. The van der Waals surface area contributed by atoms with E-state index in [2.05, 4.69) is 102 Å². The van der Waals surface area contributed by atoms with Crippen molar-refractivity contribution in [1.82, 2.24) is 0 Å². The molecule has 4 rings (SSSR count). The van der Waals surface area contributed by atoms with Gasteiger partial charge in [0.05, 0.1) is 10.7 Å². The summed E-state index contributed by atoms with van der Waals surface area (Å²) in [6.07, 6.45) is 10.8. The Morgan fingerprint density at radius 3 is 2.57 bits per heavy atom. The van der Waals surface area contributed by atoms with E-state index in [1.165, 1.54) is 30.8 Å². The zero-order chi connectivity index (χ0) is 18.6. The van der Waals surface area contributed by atoms with Crippen molar-refractivity contribution < 1.29 is 17.0 Å². The Balaban J connectivity index is 0.00000225. The van der Waals surface area contributed by atoms with Gasteiger partial charge in [0, 0.05) is 23.6 Å². The van der Waals surface area contributed by atoms with Crippen molar-refractivity contribution in [3.05, 3.63) is 82.9 Å². The van der Waals surface area contributed by atoms with E-state index < -0.39 is 0 Å². The minimum absolute atomic E-state index is 0. The summed E-state index contributed by atoms with van der Waals surface area (Å²) >= 11 is 3.68. The third-order valence-electron chi connectivity index (χ3n) is 4.61. The van der Waals surface area contributed by atoms with Crippen LogP contribution in [0.4, 0.5) is 5.69 Å². The third kappa shape index (κ3) is 4.04. The number of allylic oxidation sites excluding steroid dienone is 4. The van der Waals surface area contributed by atoms with Crippen LogP contribution in [0.25, 0.3) is 16.3 Å². The molecule has 144 valence electrons.